The van der Waals surface area contributed by atoms with Crippen LogP contribution >= 0.6 is 11.6 Å². The van der Waals surface area contributed by atoms with Gasteiger partial charge in [-0.3, -0.25) is 4.79 Å². The van der Waals surface area contributed by atoms with Crippen molar-refractivity contribution in [1.29, 1.82) is 0 Å². The fourth-order valence-corrected chi connectivity index (χ4v) is 3.63. The van der Waals surface area contributed by atoms with Gasteiger partial charge in [0.25, 0.3) is 5.91 Å². The van der Waals surface area contributed by atoms with Gasteiger partial charge in [-0.2, -0.15) is 0 Å². The first-order chi connectivity index (χ1) is 15.9. The summed E-state index contributed by atoms with van der Waals surface area (Å²) in [4.78, 5) is 33.4. The minimum absolute atomic E-state index is 0.334. The number of aryl methyl sites for hydroxylation is 1. The Morgan fingerprint density at radius 3 is 2.58 bits per heavy atom. The number of fused-ring (bicyclic) bond motifs is 1. The Labute approximate surface area is 197 Å². The Hall–Kier alpha value is -3.64. The fraction of sp³-hybridized carbons (Fsp3) is 0.192. The van der Waals surface area contributed by atoms with Crippen molar-refractivity contribution >= 4 is 40.2 Å². The summed E-state index contributed by atoms with van der Waals surface area (Å²) in [5, 5.41) is 3.35. The molecule has 1 heterocycles. The number of nitrogens with one attached hydrogen (secondary N) is 2. The van der Waals surface area contributed by atoms with Crippen LogP contribution in [0.15, 0.2) is 60.7 Å². The smallest absolute Gasteiger partial charge is 0.338 e. The molecule has 33 heavy (non-hydrogen) atoms. The van der Waals surface area contributed by atoms with Gasteiger partial charge in [0.05, 0.1) is 16.6 Å². The number of benzene rings is 3. The highest BCUT2D eigenvalue weighted by Gasteiger charge is 2.23. The summed E-state index contributed by atoms with van der Waals surface area (Å²) >= 11 is 6.13. The van der Waals surface area contributed by atoms with Crippen LogP contribution in [0.5, 0.6) is 0 Å². The average Bonchev–Trinajstić information content (AvgIpc) is 3.24. The second-order valence-corrected chi connectivity index (χ2v) is 8.29. The van der Waals surface area contributed by atoms with Crippen molar-refractivity contribution in [2.24, 2.45) is 0 Å². The molecule has 7 heteroatoms. The summed E-state index contributed by atoms with van der Waals surface area (Å²) in [7, 11) is 0. The predicted octanol–water partition coefficient (Wildman–Crippen LogP) is 6.07. The van der Waals surface area contributed by atoms with Crippen LogP contribution in [0.25, 0.3) is 22.4 Å². The number of hydrogen-bond acceptors (Lipinski definition) is 4. The average molecular weight is 462 g/mol. The van der Waals surface area contributed by atoms with E-state index in [1.165, 1.54) is 5.56 Å². The van der Waals surface area contributed by atoms with Gasteiger partial charge in [-0.1, -0.05) is 54.4 Å². The molecule has 0 aliphatic rings. The number of ether oxygens (including phenoxy) is 1. The molecular formula is C26H24ClN3O3. The van der Waals surface area contributed by atoms with Crippen LogP contribution in [0.4, 0.5) is 5.69 Å². The number of halogens is 1. The third kappa shape index (κ3) is 4.91. The lowest BCUT2D eigenvalue weighted by atomic mass is 10.1. The number of carbonyl (C=O) groups excluding carboxylic acids is 2. The van der Waals surface area contributed by atoms with E-state index >= 15 is 0 Å². The summed E-state index contributed by atoms with van der Waals surface area (Å²) in [5.74, 6) is -0.257. The van der Waals surface area contributed by atoms with Crippen LogP contribution in [0.2, 0.25) is 5.02 Å². The van der Waals surface area contributed by atoms with Crippen molar-refractivity contribution in [1.82, 2.24) is 9.97 Å². The Kier molecular flexibility index (Phi) is 6.47. The monoisotopic (exact) mass is 461 g/mol. The van der Waals surface area contributed by atoms with Crippen LogP contribution in [-0.2, 0) is 9.53 Å². The van der Waals surface area contributed by atoms with E-state index in [1.54, 1.807) is 43.3 Å². The van der Waals surface area contributed by atoms with Crippen molar-refractivity contribution < 1.29 is 14.3 Å². The van der Waals surface area contributed by atoms with Crippen molar-refractivity contribution in [3.05, 3.63) is 82.4 Å². The summed E-state index contributed by atoms with van der Waals surface area (Å²) in [6, 6.07) is 18.4. The van der Waals surface area contributed by atoms with Crippen LogP contribution < -0.4 is 5.32 Å². The highest BCUT2D eigenvalue weighted by Crippen LogP contribution is 2.24. The third-order valence-electron chi connectivity index (χ3n) is 5.48. The summed E-state index contributed by atoms with van der Waals surface area (Å²) < 4.78 is 5.53. The van der Waals surface area contributed by atoms with Crippen molar-refractivity contribution in [3.8, 4) is 11.4 Å². The number of anilines is 1. The van der Waals surface area contributed by atoms with E-state index < -0.39 is 18.0 Å². The van der Waals surface area contributed by atoms with E-state index in [1.807, 2.05) is 38.1 Å². The van der Waals surface area contributed by atoms with Gasteiger partial charge >= 0.3 is 5.97 Å². The molecule has 0 spiro atoms. The Morgan fingerprint density at radius 2 is 1.85 bits per heavy atom. The number of aromatic amines is 1. The molecular weight excluding hydrogens is 438 g/mol. The Balaban J connectivity index is 1.50. The first kappa shape index (κ1) is 22.6. The molecule has 2 N–H and O–H groups in total. The SMILES string of the molecule is CCC(OC(=O)c1ccc2nc(-c3ccc(C)cc3)[nH]c2c1)C(=O)Nc1cccc(Cl)c1C. The number of aromatic nitrogens is 2. The molecule has 1 amide bonds. The normalized spacial score (nSPS) is 11.9. The minimum atomic E-state index is -0.934. The van der Waals surface area contributed by atoms with E-state index in [4.69, 9.17) is 16.3 Å². The second kappa shape index (κ2) is 9.46. The maximum absolute atomic E-state index is 12.8. The molecule has 1 unspecified atom stereocenters. The number of nitrogens with zero attached hydrogens (tertiary/aromatic N) is 1. The summed E-state index contributed by atoms with van der Waals surface area (Å²) in [6.45, 7) is 5.63. The van der Waals surface area contributed by atoms with Crippen molar-refractivity contribution in [2.75, 3.05) is 5.32 Å². The molecule has 1 atom stereocenters. The highest BCUT2D eigenvalue weighted by atomic mass is 35.5. The lowest BCUT2D eigenvalue weighted by Crippen LogP contribution is -2.32. The minimum Gasteiger partial charge on any atom is -0.449 e. The topological polar surface area (TPSA) is 84.1 Å². The van der Waals surface area contributed by atoms with Gasteiger partial charge in [-0.15, -0.1) is 0 Å². The van der Waals surface area contributed by atoms with E-state index in [0.717, 1.165) is 22.5 Å². The maximum atomic E-state index is 12.8. The maximum Gasteiger partial charge on any atom is 0.338 e. The van der Waals surface area contributed by atoms with Crippen LogP contribution in [0.3, 0.4) is 0 Å². The number of rotatable bonds is 6. The first-order valence-corrected chi connectivity index (χ1v) is 11.1. The van der Waals surface area contributed by atoms with Crippen LogP contribution in [0, 0.1) is 13.8 Å². The number of hydrogen-bond donors (Lipinski definition) is 2. The van der Waals surface area contributed by atoms with Gasteiger partial charge < -0.3 is 15.0 Å². The molecule has 3 aromatic carbocycles. The van der Waals surface area contributed by atoms with Crippen molar-refractivity contribution in [2.45, 2.75) is 33.3 Å². The lowest BCUT2D eigenvalue weighted by molar-refractivity contribution is -0.124. The molecule has 168 valence electrons. The zero-order chi connectivity index (χ0) is 23.5. The van der Waals surface area contributed by atoms with Gasteiger partial charge in [-0.05, 0) is 56.2 Å². The standard InChI is InChI=1S/C26H24ClN3O3/c1-4-23(25(31)30-20-7-5-6-19(27)16(20)3)33-26(32)18-12-13-21-22(14-18)29-24(28-21)17-10-8-15(2)9-11-17/h5-14,23H,4H2,1-3H3,(H,28,29)(H,30,31). The van der Waals surface area contributed by atoms with Crippen LogP contribution in [-0.4, -0.2) is 27.9 Å². The third-order valence-corrected chi connectivity index (χ3v) is 5.89. The highest BCUT2D eigenvalue weighted by molar-refractivity contribution is 6.31. The second-order valence-electron chi connectivity index (χ2n) is 7.89. The molecule has 0 fully saturated rings. The zero-order valence-corrected chi connectivity index (χ0v) is 19.4. The molecule has 0 bridgehead atoms. The molecule has 4 aromatic rings. The molecule has 0 saturated heterocycles. The molecule has 0 aliphatic heterocycles. The van der Waals surface area contributed by atoms with Gasteiger partial charge in [-0.25, -0.2) is 9.78 Å². The molecule has 0 radical (unpaired) electrons. The van der Waals surface area contributed by atoms with Gasteiger partial charge in [0.2, 0.25) is 0 Å². The quantitative estimate of drug-likeness (QED) is 0.341. The van der Waals surface area contributed by atoms with Crippen molar-refractivity contribution in [3.63, 3.8) is 0 Å². The number of esters is 1. The number of imidazole rings is 1. The molecule has 0 saturated carbocycles. The number of carbonyl (C=O) groups is 2. The van der Waals surface area contributed by atoms with E-state index in [9.17, 15) is 9.59 Å². The molecule has 6 nitrogen and oxygen atoms in total. The van der Waals surface area contributed by atoms with Gasteiger partial charge in [0, 0.05) is 16.3 Å². The molecule has 4 rings (SSSR count). The molecule has 1 aromatic heterocycles. The predicted molar refractivity (Wildman–Crippen MR) is 131 cm³/mol. The largest absolute Gasteiger partial charge is 0.449 e. The van der Waals surface area contributed by atoms with E-state index in [-0.39, 0.29) is 0 Å². The lowest BCUT2D eigenvalue weighted by Gasteiger charge is -2.17. The van der Waals surface area contributed by atoms with E-state index in [0.29, 0.717) is 28.2 Å². The first-order valence-electron chi connectivity index (χ1n) is 10.7. The van der Waals surface area contributed by atoms with Crippen LogP contribution in [0.1, 0.15) is 34.8 Å². The number of amides is 1. The number of H-pyrrole nitrogens is 1. The Morgan fingerprint density at radius 1 is 1.09 bits per heavy atom. The summed E-state index contributed by atoms with van der Waals surface area (Å²) in [6.07, 6.45) is -0.599. The van der Waals surface area contributed by atoms with Gasteiger partial charge in [0.15, 0.2) is 6.10 Å². The molecule has 0 aliphatic carbocycles. The fourth-order valence-electron chi connectivity index (χ4n) is 3.46. The Bertz CT molecular complexity index is 1330. The summed E-state index contributed by atoms with van der Waals surface area (Å²) in [5.41, 5.74) is 5.26. The van der Waals surface area contributed by atoms with E-state index in [2.05, 4.69) is 15.3 Å². The van der Waals surface area contributed by atoms with Gasteiger partial charge in [0.1, 0.15) is 5.82 Å². The zero-order valence-electron chi connectivity index (χ0n) is 18.6.